The molecule has 16 heteroatoms. The maximum absolute atomic E-state index is 12.7. The zero-order chi connectivity index (χ0) is 21.8. The first-order chi connectivity index (χ1) is 13.6. The third-order valence-corrected chi connectivity index (χ3v) is 5.54. The van der Waals surface area contributed by atoms with E-state index in [2.05, 4.69) is 20.5 Å². The second-order valence-corrected chi connectivity index (χ2v) is 8.11. The van der Waals surface area contributed by atoms with Gasteiger partial charge < -0.3 is 20.6 Å². The van der Waals surface area contributed by atoms with E-state index in [9.17, 15) is 22.8 Å². The fourth-order valence-electron chi connectivity index (χ4n) is 2.49. The summed E-state index contributed by atoms with van der Waals surface area (Å²) in [5.74, 6) is -3.15. The van der Waals surface area contributed by atoms with Crippen molar-refractivity contribution < 1.29 is 36.9 Å². The zero-order valence-electron chi connectivity index (χ0n) is 15.5. The number of unbranched alkanes of at least 4 members (excludes halogenated alkanes) is 1. The van der Waals surface area contributed by atoms with Crippen molar-refractivity contribution in [2.75, 3.05) is 19.5 Å². The van der Waals surface area contributed by atoms with Crippen LogP contribution in [0.15, 0.2) is 5.38 Å². The van der Waals surface area contributed by atoms with Crippen LogP contribution in [0.2, 0.25) is 0 Å². The molecule has 30 heavy (non-hydrogen) atoms. The first kappa shape index (κ1) is 26.7. The molecule has 0 radical (unpaired) electrons. The molecule has 1 fully saturated rings. The molecule has 2 amide bonds. The van der Waals surface area contributed by atoms with Crippen molar-refractivity contribution in [1.29, 1.82) is 0 Å². The number of carbonyl (C=O) groups excluding carboxylic acids is 3. The number of hydrogen-bond acceptors (Lipinski definition) is 11. The number of rotatable bonds is 10. The van der Waals surface area contributed by atoms with Gasteiger partial charge in [0.05, 0.1) is 19.4 Å². The molecule has 0 aromatic carbocycles. The molecule has 13 nitrogen and oxygen atoms in total. The van der Waals surface area contributed by atoms with Crippen LogP contribution in [0.5, 0.6) is 0 Å². The van der Waals surface area contributed by atoms with Gasteiger partial charge >= 0.3 is 45.8 Å². The Labute approximate surface area is 198 Å². The number of methoxy groups -OCH3 is 1. The van der Waals surface area contributed by atoms with Gasteiger partial charge in [0.2, 0.25) is 5.91 Å². The Morgan fingerprint density at radius 2 is 2.13 bits per heavy atom. The first-order valence-corrected chi connectivity index (χ1v) is 10.7. The molecule has 164 valence electrons. The van der Waals surface area contributed by atoms with Gasteiger partial charge in [0, 0.05) is 5.38 Å². The number of nitrogens with one attached hydrogen (secondary N) is 2. The molecule has 1 saturated heterocycles. The Kier molecular flexibility index (Phi) is 10.1. The van der Waals surface area contributed by atoms with E-state index in [4.69, 9.17) is 15.1 Å². The van der Waals surface area contributed by atoms with E-state index < -0.39 is 46.2 Å². The number of esters is 1. The van der Waals surface area contributed by atoms with Gasteiger partial charge in [0.25, 0.3) is 5.91 Å². The first-order valence-electron chi connectivity index (χ1n) is 8.38. The van der Waals surface area contributed by atoms with Crippen LogP contribution in [0.4, 0.5) is 5.13 Å². The number of β-lactam (4-membered cyclic amide) rings is 1. The van der Waals surface area contributed by atoms with Crippen molar-refractivity contribution in [3.8, 4) is 0 Å². The summed E-state index contributed by atoms with van der Waals surface area (Å²) in [6, 6.07) is -4.49. The maximum atomic E-state index is 12.7. The quantitative estimate of drug-likeness (QED) is 0.0739. The van der Waals surface area contributed by atoms with Crippen molar-refractivity contribution in [2.45, 2.75) is 37.9 Å². The monoisotopic (exact) mass is 475 g/mol. The topological polar surface area (TPSA) is 190 Å². The summed E-state index contributed by atoms with van der Waals surface area (Å²) in [6.07, 6.45) is 1.57. The summed E-state index contributed by atoms with van der Waals surface area (Å²) in [7, 11) is -4.05. The SMILES string of the molecule is CCCCONC(C(=O)NC1C(=O)N(S(=O)(=O)O)C1C(=O)OC)c1csc(N)n1.[NaH]. The van der Waals surface area contributed by atoms with Gasteiger partial charge in [-0.05, 0) is 6.42 Å². The van der Waals surface area contributed by atoms with Gasteiger partial charge in [-0.2, -0.15) is 18.2 Å². The van der Waals surface area contributed by atoms with E-state index in [0.717, 1.165) is 31.3 Å². The molecule has 1 aromatic rings. The number of hydrogen-bond donors (Lipinski definition) is 4. The van der Waals surface area contributed by atoms with Crippen LogP contribution in [-0.4, -0.2) is 95.4 Å². The number of ether oxygens (including phenoxy) is 1. The predicted octanol–water partition coefficient (Wildman–Crippen LogP) is -1.89. The summed E-state index contributed by atoms with van der Waals surface area (Å²) in [5.41, 5.74) is 8.31. The van der Waals surface area contributed by atoms with Crippen LogP contribution >= 0.6 is 11.3 Å². The molecule has 2 heterocycles. The number of aromatic nitrogens is 1. The van der Waals surface area contributed by atoms with Crippen molar-refractivity contribution >= 4 is 74.1 Å². The zero-order valence-corrected chi connectivity index (χ0v) is 17.2. The second kappa shape index (κ2) is 11.3. The molecule has 0 aliphatic carbocycles. The van der Waals surface area contributed by atoms with Crippen molar-refractivity contribution in [2.24, 2.45) is 0 Å². The minimum absolute atomic E-state index is 0. The van der Waals surface area contributed by atoms with Gasteiger partial charge in [0.15, 0.2) is 17.2 Å². The second-order valence-electron chi connectivity index (χ2n) is 5.93. The summed E-state index contributed by atoms with van der Waals surface area (Å²) in [5, 5.41) is 3.95. The minimum atomic E-state index is -5.01. The molecule has 1 aromatic heterocycles. The third-order valence-electron chi connectivity index (χ3n) is 3.94. The summed E-state index contributed by atoms with van der Waals surface area (Å²) in [4.78, 5) is 45.9. The Morgan fingerprint density at radius 1 is 1.47 bits per heavy atom. The van der Waals surface area contributed by atoms with E-state index in [0.29, 0.717) is 6.61 Å². The third kappa shape index (κ3) is 6.10. The fourth-order valence-corrected chi connectivity index (χ4v) is 3.91. The van der Waals surface area contributed by atoms with Crippen LogP contribution in [0.3, 0.4) is 0 Å². The number of thiazole rings is 1. The molecule has 5 N–H and O–H groups in total. The average molecular weight is 475 g/mol. The van der Waals surface area contributed by atoms with Gasteiger partial charge in [-0.3, -0.25) is 14.1 Å². The number of amides is 2. The van der Waals surface area contributed by atoms with Crippen LogP contribution in [0.1, 0.15) is 31.5 Å². The van der Waals surface area contributed by atoms with Crippen LogP contribution in [0.25, 0.3) is 0 Å². The van der Waals surface area contributed by atoms with Crippen molar-refractivity contribution in [3.05, 3.63) is 11.1 Å². The van der Waals surface area contributed by atoms with Crippen LogP contribution in [0, 0.1) is 0 Å². The Morgan fingerprint density at radius 3 is 2.63 bits per heavy atom. The Hall–Kier alpha value is -1.33. The number of nitrogens with zero attached hydrogens (tertiary/aromatic N) is 2. The molecular weight excluding hydrogens is 453 g/mol. The van der Waals surface area contributed by atoms with Gasteiger partial charge in [-0.1, -0.05) is 13.3 Å². The Bertz CT molecular complexity index is 879. The summed E-state index contributed by atoms with van der Waals surface area (Å²) >= 11 is 1.08. The average Bonchev–Trinajstić information content (AvgIpc) is 3.07. The molecule has 0 spiro atoms. The molecule has 2 rings (SSSR count). The van der Waals surface area contributed by atoms with E-state index in [1.165, 1.54) is 5.38 Å². The molecule has 3 atom stereocenters. The molecule has 0 saturated carbocycles. The van der Waals surface area contributed by atoms with E-state index in [1.807, 2.05) is 6.92 Å². The summed E-state index contributed by atoms with van der Waals surface area (Å²) in [6.45, 7) is 2.24. The van der Waals surface area contributed by atoms with Gasteiger partial charge in [0.1, 0.15) is 6.04 Å². The Balaban J connectivity index is 0.00000450. The number of carbonyl (C=O) groups is 3. The molecule has 0 bridgehead atoms. The number of nitrogen functional groups attached to an aromatic ring is 1. The number of hydroxylamine groups is 1. The van der Waals surface area contributed by atoms with Crippen molar-refractivity contribution in [1.82, 2.24) is 20.1 Å². The number of anilines is 1. The fraction of sp³-hybridized carbons (Fsp3) is 0.571. The molecule has 1 aliphatic heterocycles. The van der Waals surface area contributed by atoms with Crippen LogP contribution < -0.4 is 16.5 Å². The van der Waals surface area contributed by atoms with E-state index in [1.54, 1.807) is 0 Å². The summed E-state index contributed by atoms with van der Waals surface area (Å²) < 4.78 is 36.2. The van der Waals surface area contributed by atoms with Crippen molar-refractivity contribution in [3.63, 3.8) is 0 Å². The molecular formula is C14H22N5NaO8S2. The van der Waals surface area contributed by atoms with E-state index >= 15 is 0 Å². The normalized spacial score (nSPS) is 19.4. The van der Waals surface area contributed by atoms with Gasteiger partial charge in [-0.25, -0.2) is 9.78 Å². The van der Waals surface area contributed by atoms with Gasteiger partial charge in [-0.15, -0.1) is 11.3 Å². The number of nitrogens with two attached hydrogens (primary N) is 1. The standard InChI is InChI=1S/C14H21N5O8S2.Na.H/c1-3-4-5-27-18-8(7-6-28-14(15)16-7)11(20)17-9-10(13(22)26-2)19(12(9)21)29(23,24)25;;/h6,8-10,18H,3-5H2,1-2H3,(H2,15,16)(H,17,20)(H,23,24,25);;. The molecule has 3 unspecified atom stereocenters. The molecule has 1 aliphatic rings. The van der Waals surface area contributed by atoms with E-state index in [-0.39, 0.29) is 44.7 Å². The van der Waals surface area contributed by atoms with Crippen LogP contribution in [-0.2, 0) is 34.3 Å². The predicted molar refractivity (Wildman–Crippen MR) is 107 cm³/mol.